The molecule has 0 unspecified atom stereocenters. The van der Waals surface area contributed by atoms with Crippen LogP contribution in [0.2, 0.25) is 0 Å². The van der Waals surface area contributed by atoms with Crippen LogP contribution < -0.4 is 5.32 Å². The van der Waals surface area contributed by atoms with E-state index in [4.69, 9.17) is 9.52 Å². The Morgan fingerprint density at radius 1 is 1.19 bits per heavy atom. The van der Waals surface area contributed by atoms with Crippen LogP contribution in [0.25, 0.3) is 23.0 Å². The maximum absolute atomic E-state index is 12.1. The number of H-pyrrole nitrogens is 1. The van der Waals surface area contributed by atoms with E-state index in [9.17, 15) is 9.59 Å². The summed E-state index contributed by atoms with van der Waals surface area (Å²) >= 11 is 0. The second-order valence-electron chi connectivity index (χ2n) is 5.76. The minimum Gasteiger partial charge on any atom is -0.461 e. The highest BCUT2D eigenvalue weighted by atomic mass is 16.3. The molecule has 0 fully saturated rings. The van der Waals surface area contributed by atoms with Gasteiger partial charge in [0.1, 0.15) is 5.70 Å². The maximum Gasteiger partial charge on any atom is 0.277 e. The van der Waals surface area contributed by atoms with Crippen molar-refractivity contribution in [2.24, 2.45) is 0 Å². The van der Waals surface area contributed by atoms with E-state index in [0.29, 0.717) is 23.1 Å². The minimum absolute atomic E-state index is 0.0267. The molecule has 4 rings (SSSR count). The van der Waals surface area contributed by atoms with E-state index in [1.165, 1.54) is 6.08 Å². The normalized spacial score (nSPS) is 14.0. The summed E-state index contributed by atoms with van der Waals surface area (Å²) in [5.74, 6) is 0.722. The predicted octanol–water partition coefficient (Wildman–Crippen LogP) is 1.39. The number of carbonyl (C=O) groups is 2. The zero-order valence-corrected chi connectivity index (χ0v) is 14.0. The molecule has 136 valence electrons. The molecule has 3 N–H and O–H groups in total. The molecule has 0 bridgehead atoms. The van der Waals surface area contributed by atoms with E-state index >= 15 is 0 Å². The molecular weight excluding hydrogens is 350 g/mol. The van der Waals surface area contributed by atoms with Gasteiger partial charge in [0.2, 0.25) is 0 Å². The SMILES string of the molecule is O=C1C=C(Nc2ccc(-c3n[nH]c(-c4ccco4)n3)cc2)C(=O)N1CCO. The summed E-state index contributed by atoms with van der Waals surface area (Å²) in [5, 5.41) is 18.8. The van der Waals surface area contributed by atoms with Gasteiger partial charge in [0, 0.05) is 17.3 Å². The summed E-state index contributed by atoms with van der Waals surface area (Å²) in [7, 11) is 0. The van der Waals surface area contributed by atoms with Crippen molar-refractivity contribution >= 4 is 17.5 Å². The van der Waals surface area contributed by atoms with Crippen molar-refractivity contribution < 1.29 is 19.1 Å². The number of hydrogen-bond donors (Lipinski definition) is 3. The second-order valence-corrected chi connectivity index (χ2v) is 5.76. The monoisotopic (exact) mass is 365 g/mol. The standard InChI is InChI=1S/C18H15N5O4/c24-8-7-23-15(25)10-13(18(23)26)19-12-5-3-11(4-6-12)16-20-17(22-21-16)14-2-1-9-27-14/h1-6,9-10,19,24H,7-8H2,(H,20,21,22). The number of nitrogens with one attached hydrogen (secondary N) is 2. The average Bonchev–Trinajstić information content (AvgIpc) is 3.40. The van der Waals surface area contributed by atoms with Gasteiger partial charge in [0.15, 0.2) is 17.4 Å². The first-order chi connectivity index (χ1) is 13.2. The number of aromatic amines is 1. The van der Waals surface area contributed by atoms with Gasteiger partial charge in [-0.3, -0.25) is 19.6 Å². The Bertz CT molecular complexity index is 1000. The number of nitrogens with zero attached hydrogens (tertiary/aromatic N) is 3. The molecule has 3 heterocycles. The molecule has 9 nitrogen and oxygen atoms in total. The first kappa shape index (κ1) is 16.7. The highest BCUT2D eigenvalue weighted by Crippen LogP contribution is 2.23. The van der Waals surface area contributed by atoms with Crippen LogP contribution in [-0.4, -0.2) is 50.2 Å². The topological polar surface area (TPSA) is 124 Å². The molecule has 9 heteroatoms. The fourth-order valence-corrected chi connectivity index (χ4v) is 2.68. The van der Waals surface area contributed by atoms with Crippen molar-refractivity contribution in [1.29, 1.82) is 0 Å². The molecule has 1 aliphatic rings. The lowest BCUT2D eigenvalue weighted by atomic mass is 10.2. The molecule has 0 spiro atoms. The highest BCUT2D eigenvalue weighted by Gasteiger charge is 2.30. The molecule has 2 aromatic heterocycles. The number of carbonyl (C=O) groups excluding carboxylic acids is 2. The van der Waals surface area contributed by atoms with Crippen molar-refractivity contribution in [3.63, 3.8) is 0 Å². The number of rotatable bonds is 6. The molecule has 0 radical (unpaired) electrons. The van der Waals surface area contributed by atoms with Gasteiger partial charge in [-0.05, 0) is 36.4 Å². The fourth-order valence-electron chi connectivity index (χ4n) is 2.68. The lowest BCUT2D eigenvalue weighted by molar-refractivity contribution is -0.137. The van der Waals surface area contributed by atoms with Gasteiger partial charge in [-0.15, -0.1) is 0 Å². The summed E-state index contributed by atoms with van der Waals surface area (Å²) in [4.78, 5) is 29.3. The summed E-state index contributed by atoms with van der Waals surface area (Å²) in [6.07, 6.45) is 2.78. The molecule has 1 aliphatic heterocycles. The minimum atomic E-state index is -0.463. The second kappa shape index (κ2) is 6.89. The van der Waals surface area contributed by atoms with Crippen LogP contribution in [0.5, 0.6) is 0 Å². The van der Waals surface area contributed by atoms with Crippen LogP contribution in [0, 0.1) is 0 Å². The number of furan rings is 1. The number of hydrogen-bond acceptors (Lipinski definition) is 7. The van der Waals surface area contributed by atoms with Crippen LogP contribution >= 0.6 is 0 Å². The lowest BCUT2D eigenvalue weighted by Gasteiger charge is -2.13. The lowest BCUT2D eigenvalue weighted by Crippen LogP contribution is -2.34. The summed E-state index contributed by atoms with van der Waals surface area (Å²) in [6.45, 7) is -0.301. The molecule has 0 atom stereocenters. The van der Waals surface area contributed by atoms with Gasteiger partial charge in [0.05, 0.1) is 19.4 Å². The number of benzene rings is 1. The molecule has 0 saturated heterocycles. The largest absolute Gasteiger partial charge is 0.461 e. The van der Waals surface area contributed by atoms with Crippen LogP contribution in [0.4, 0.5) is 5.69 Å². The first-order valence-electron chi connectivity index (χ1n) is 8.18. The number of aromatic nitrogens is 3. The third-order valence-electron chi connectivity index (χ3n) is 4.00. The van der Waals surface area contributed by atoms with Gasteiger partial charge in [-0.2, -0.15) is 5.10 Å². The van der Waals surface area contributed by atoms with E-state index in [0.717, 1.165) is 10.5 Å². The van der Waals surface area contributed by atoms with E-state index in [2.05, 4.69) is 20.5 Å². The Hall–Kier alpha value is -3.72. The van der Waals surface area contributed by atoms with Gasteiger partial charge in [-0.1, -0.05) is 0 Å². The first-order valence-corrected chi connectivity index (χ1v) is 8.18. The van der Waals surface area contributed by atoms with Crippen molar-refractivity contribution in [2.45, 2.75) is 0 Å². The number of anilines is 1. The quantitative estimate of drug-likeness (QED) is 0.564. The summed E-state index contributed by atoms with van der Waals surface area (Å²) < 4.78 is 5.28. The molecule has 0 aliphatic carbocycles. The zero-order chi connectivity index (χ0) is 18.8. The molecule has 0 saturated carbocycles. The number of amides is 2. The molecule has 3 aromatic rings. The van der Waals surface area contributed by atoms with Gasteiger partial charge in [-0.25, -0.2) is 4.98 Å². The van der Waals surface area contributed by atoms with Gasteiger partial charge in [0.25, 0.3) is 11.8 Å². The number of aliphatic hydroxyl groups excluding tert-OH is 1. The molecule has 1 aromatic carbocycles. The average molecular weight is 365 g/mol. The van der Waals surface area contributed by atoms with Crippen molar-refractivity contribution in [1.82, 2.24) is 20.1 Å². The van der Waals surface area contributed by atoms with Crippen molar-refractivity contribution in [3.05, 3.63) is 54.4 Å². The Morgan fingerprint density at radius 2 is 2.00 bits per heavy atom. The van der Waals surface area contributed by atoms with Crippen LogP contribution in [0.3, 0.4) is 0 Å². The Balaban J connectivity index is 1.48. The number of β-amino-alcohol motifs (C(OH)–C–C–N with tert-alkyl or cyclic N) is 1. The van der Waals surface area contributed by atoms with Gasteiger partial charge < -0.3 is 14.8 Å². The molecule has 2 amide bonds. The van der Waals surface area contributed by atoms with E-state index in [1.54, 1.807) is 42.7 Å². The fraction of sp³-hybridized carbons (Fsp3) is 0.111. The Morgan fingerprint density at radius 3 is 2.70 bits per heavy atom. The highest BCUT2D eigenvalue weighted by molar-refractivity contribution is 6.17. The predicted molar refractivity (Wildman–Crippen MR) is 95.0 cm³/mol. The van der Waals surface area contributed by atoms with E-state index < -0.39 is 11.8 Å². The van der Waals surface area contributed by atoms with Crippen LogP contribution in [-0.2, 0) is 9.59 Å². The smallest absolute Gasteiger partial charge is 0.277 e. The van der Waals surface area contributed by atoms with Crippen molar-refractivity contribution in [2.75, 3.05) is 18.5 Å². The molecular formula is C18H15N5O4. The Kier molecular flexibility index (Phi) is 4.27. The maximum atomic E-state index is 12.1. The number of imide groups is 1. The van der Waals surface area contributed by atoms with E-state index in [1.807, 2.05) is 0 Å². The third kappa shape index (κ3) is 3.23. The number of aliphatic hydroxyl groups is 1. The Labute approximate surface area is 153 Å². The molecule has 27 heavy (non-hydrogen) atoms. The summed E-state index contributed by atoms with van der Waals surface area (Å²) in [6, 6.07) is 10.7. The third-order valence-corrected chi connectivity index (χ3v) is 4.00. The van der Waals surface area contributed by atoms with Crippen LogP contribution in [0.15, 0.2) is 58.9 Å². The summed E-state index contributed by atoms with van der Waals surface area (Å²) in [5.41, 5.74) is 1.58. The zero-order valence-electron chi connectivity index (χ0n) is 14.0. The van der Waals surface area contributed by atoms with E-state index in [-0.39, 0.29) is 18.8 Å². The van der Waals surface area contributed by atoms with Crippen molar-refractivity contribution in [3.8, 4) is 23.0 Å². The van der Waals surface area contributed by atoms with Gasteiger partial charge >= 0.3 is 0 Å². The van der Waals surface area contributed by atoms with Crippen LogP contribution in [0.1, 0.15) is 0 Å².